The fourth-order valence-electron chi connectivity index (χ4n) is 5.12. The van der Waals surface area contributed by atoms with Gasteiger partial charge in [0.25, 0.3) is 23.1 Å². The van der Waals surface area contributed by atoms with E-state index in [0.717, 1.165) is 36.5 Å². The van der Waals surface area contributed by atoms with Gasteiger partial charge in [0.15, 0.2) is 6.10 Å². The van der Waals surface area contributed by atoms with Crippen LogP contribution in [0.2, 0.25) is 0 Å². The number of alkyl halides is 8. The number of hydrogen-bond donors (Lipinski definition) is 3. The summed E-state index contributed by atoms with van der Waals surface area (Å²) < 4.78 is 96.9. The molecule has 0 aliphatic heterocycles. The number of nitrogens with one attached hydrogen (secondary N) is 2. The number of benzene rings is 3. The van der Waals surface area contributed by atoms with Gasteiger partial charge in [0.2, 0.25) is 0 Å². The molecule has 0 aromatic heterocycles. The molecule has 304 valence electrons. The van der Waals surface area contributed by atoms with Crippen molar-refractivity contribution in [2.75, 3.05) is 10.6 Å². The SMILES string of the molecule is CCCCC(Oc1ccc(C(C)(C)CC)cc1C(C)(C)CC)C(=O)Nc1ccc(NC(=O)c2ccc(OC(F)(F)C(F)Cl)cc2OC(F)(F)C(F)Cl)c(O)c1. The molecule has 0 fully saturated rings. The maximum absolute atomic E-state index is 14.1. The summed E-state index contributed by atoms with van der Waals surface area (Å²) in [5.41, 5.74) is -5.95. The number of halogens is 8. The zero-order valence-corrected chi connectivity index (χ0v) is 33.0. The molecule has 0 aliphatic rings. The predicted octanol–water partition coefficient (Wildman–Crippen LogP) is 11.6. The average Bonchev–Trinajstić information content (AvgIpc) is 3.10. The normalized spacial score (nSPS) is 14.1. The minimum absolute atomic E-state index is 0.0799. The zero-order valence-electron chi connectivity index (χ0n) is 31.5. The zero-order chi connectivity index (χ0) is 41.5. The Morgan fingerprint density at radius 1 is 0.782 bits per heavy atom. The molecule has 55 heavy (non-hydrogen) atoms. The lowest BCUT2D eigenvalue weighted by molar-refractivity contribution is -0.202. The molecule has 0 bridgehead atoms. The smallest absolute Gasteiger partial charge is 0.444 e. The Balaban J connectivity index is 1.88. The number of unbranched alkanes of at least 4 members (excludes halogenated alkanes) is 1. The molecular formula is C39H46Cl2F6N2O6. The van der Waals surface area contributed by atoms with Crippen molar-refractivity contribution in [2.45, 2.75) is 121 Å². The second-order valence-electron chi connectivity index (χ2n) is 14.2. The van der Waals surface area contributed by atoms with Crippen molar-refractivity contribution in [1.29, 1.82) is 0 Å². The monoisotopic (exact) mass is 822 g/mol. The van der Waals surface area contributed by atoms with E-state index in [4.69, 9.17) is 27.9 Å². The van der Waals surface area contributed by atoms with Crippen molar-refractivity contribution in [1.82, 2.24) is 0 Å². The Morgan fingerprint density at radius 2 is 1.40 bits per heavy atom. The van der Waals surface area contributed by atoms with Gasteiger partial charge in [0.05, 0.1) is 11.3 Å². The Bertz CT molecular complexity index is 1810. The lowest BCUT2D eigenvalue weighted by atomic mass is 9.76. The van der Waals surface area contributed by atoms with Gasteiger partial charge in [-0.3, -0.25) is 9.59 Å². The van der Waals surface area contributed by atoms with Crippen LogP contribution < -0.4 is 24.8 Å². The lowest BCUT2D eigenvalue weighted by Gasteiger charge is -2.31. The van der Waals surface area contributed by atoms with Crippen LogP contribution in [0.25, 0.3) is 0 Å². The second kappa shape index (κ2) is 18.3. The van der Waals surface area contributed by atoms with Crippen LogP contribution in [0.15, 0.2) is 54.6 Å². The van der Waals surface area contributed by atoms with E-state index in [1.54, 1.807) is 0 Å². The van der Waals surface area contributed by atoms with Crippen LogP contribution in [0.3, 0.4) is 0 Å². The summed E-state index contributed by atoms with van der Waals surface area (Å²) >= 11 is 9.62. The summed E-state index contributed by atoms with van der Waals surface area (Å²) in [6.07, 6.45) is -6.73. The van der Waals surface area contributed by atoms with Crippen LogP contribution in [-0.4, -0.2) is 46.5 Å². The Labute approximate surface area is 326 Å². The number of phenols is 1. The Kier molecular flexibility index (Phi) is 15.1. The van der Waals surface area contributed by atoms with Gasteiger partial charge in [-0.2, -0.15) is 17.6 Å². The molecule has 8 nitrogen and oxygen atoms in total. The maximum Gasteiger partial charge on any atom is 0.444 e. The van der Waals surface area contributed by atoms with E-state index >= 15 is 0 Å². The number of aromatic hydroxyl groups is 1. The van der Waals surface area contributed by atoms with Crippen molar-refractivity contribution in [3.05, 3.63) is 71.3 Å². The van der Waals surface area contributed by atoms with Crippen LogP contribution in [0, 0.1) is 0 Å². The first kappa shape index (κ1) is 45.4. The molecule has 3 unspecified atom stereocenters. The van der Waals surface area contributed by atoms with Gasteiger partial charge in [-0.15, -0.1) is 0 Å². The molecule has 2 amide bonds. The average molecular weight is 824 g/mol. The van der Waals surface area contributed by atoms with Gasteiger partial charge in [-0.1, -0.05) is 90.2 Å². The minimum atomic E-state index is -4.77. The number of carbonyl (C=O) groups is 2. The van der Waals surface area contributed by atoms with E-state index in [1.807, 2.05) is 19.1 Å². The van der Waals surface area contributed by atoms with Gasteiger partial charge in [0, 0.05) is 23.4 Å². The molecule has 3 aromatic carbocycles. The molecule has 3 rings (SSSR count). The molecule has 0 saturated carbocycles. The number of anilines is 2. The largest absolute Gasteiger partial charge is 0.506 e. The number of hydrogen-bond acceptors (Lipinski definition) is 6. The molecule has 3 aromatic rings. The lowest BCUT2D eigenvalue weighted by Crippen LogP contribution is -2.34. The molecule has 0 spiro atoms. The van der Waals surface area contributed by atoms with E-state index in [9.17, 15) is 41.0 Å². The molecular weight excluding hydrogens is 777 g/mol. The van der Waals surface area contributed by atoms with E-state index < -0.39 is 64.2 Å². The van der Waals surface area contributed by atoms with Crippen molar-refractivity contribution in [3.8, 4) is 23.0 Å². The van der Waals surface area contributed by atoms with Crippen LogP contribution in [-0.2, 0) is 15.6 Å². The Morgan fingerprint density at radius 3 is 1.96 bits per heavy atom. The van der Waals surface area contributed by atoms with Crippen molar-refractivity contribution in [2.24, 2.45) is 0 Å². The maximum atomic E-state index is 14.1. The first-order valence-corrected chi connectivity index (χ1v) is 18.5. The number of ether oxygens (including phenoxy) is 3. The highest BCUT2D eigenvalue weighted by Crippen LogP contribution is 2.40. The summed E-state index contributed by atoms with van der Waals surface area (Å²) in [5.74, 6) is -3.92. The quantitative estimate of drug-likeness (QED) is 0.0632. The molecule has 0 heterocycles. The predicted molar refractivity (Wildman–Crippen MR) is 201 cm³/mol. The highest BCUT2D eigenvalue weighted by atomic mass is 35.5. The highest BCUT2D eigenvalue weighted by Gasteiger charge is 2.44. The van der Waals surface area contributed by atoms with Crippen molar-refractivity contribution < 1.29 is 55.2 Å². The molecule has 0 radical (unpaired) electrons. The molecule has 16 heteroatoms. The number of phenolic OH excluding ortho intramolecular Hbond substituents is 1. The van der Waals surface area contributed by atoms with E-state index in [-0.39, 0.29) is 22.2 Å². The van der Waals surface area contributed by atoms with Gasteiger partial charge in [-0.25, -0.2) is 8.78 Å². The number of rotatable bonds is 19. The molecule has 3 N–H and O–H groups in total. The summed E-state index contributed by atoms with van der Waals surface area (Å²) in [5, 5.41) is 15.7. The first-order chi connectivity index (χ1) is 25.5. The minimum Gasteiger partial charge on any atom is -0.506 e. The highest BCUT2D eigenvalue weighted by molar-refractivity contribution is 6.20. The summed E-state index contributed by atoms with van der Waals surface area (Å²) in [6, 6.07) is 11.4. The van der Waals surface area contributed by atoms with E-state index in [1.165, 1.54) is 12.1 Å². The van der Waals surface area contributed by atoms with Gasteiger partial charge in [0.1, 0.15) is 23.0 Å². The van der Waals surface area contributed by atoms with E-state index in [0.29, 0.717) is 36.8 Å². The molecule has 0 saturated heterocycles. The van der Waals surface area contributed by atoms with Gasteiger partial charge < -0.3 is 30.0 Å². The Hall–Kier alpha value is -4.04. The molecule has 3 atom stereocenters. The van der Waals surface area contributed by atoms with Gasteiger partial charge in [-0.05, 0) is 72.4 Å². The van der Waals surface area contributed by atoms with Crippen LogP contribution >= 0.6 is 23.2 Å². The first-order valence-electron chi connectivity index (χ1n) is 17.6. The van der Waals surface area contributed by atoms with Crippen molar-refractivity contribution in [3.63, 3.8) is 0 Å². The summed E-state index contributed by atoms with van der Waals surface area (Å²) in [6.45, 7) is 14.7. The number of carbonyl (C=O) groups excluding carboxylic acids is 2. The van der Waals surface area contributed by atoms with Crippen LogP contribution in [0.5, 0.6) is 23.0 Å². The second-order valence-corrected chi connectivity index (χ2v) is 15.0. The third-order valence-corrected chi connectivity index (χ3v) is 9.87. The van der Waals surface area contributed by atoms with Crippen LogP contribution in [0.1, 0.15) is 102 Å². The fourth-order valence-corrected chi connectivity index (χ4v) is 5.21. The van der Waals surface area contributed by atoms with Gasteiger partial charge >= 0.3 is 12.2 Å². The standard InChI is InChI=1S/C39H46Cl2F6N2O6/c1-8-11-12-30(53-29-18-13-22(36(4,5)9-2)19-26(29)37(6,7)10-3)33(52)48-23-14-17-27(28(50)20-23)49-32(51)25-16-15-24(54-38(44,45)34(40)42)21-31(25)55-39(46,47)35(41)43/h13-21,30,34-35,50H,8-12H2,1-7H3,(H,48,52)(H,49,51). The van der Waals surface area contributed by atoms with E-state index in [2.05, 4.69) is 67.7 Å². The van der Waals surface area contributed by atoms with Crippen molar-refractivity contribution >= 4 is 46.4 Å². The number of amides is 2. The summed E-state index contributed by atoms with van der Waals surface area (Å²) in [4.78, 5) is 26.8. The third kappa shape index (κ3) is 11.7. The van der Waals surface area contributed by atoms with Crippen LogP contribution in [0.4, 0.5) is 37.7 Å². The fraction of sp³-hybridized carbons (Fsp3) is 0.487. The topological polar surface area (TPSA) is 106 Å². The summed E-state index contributed by atoms with van der Waals surface area (Å²) in [7, 11) is 0. The third-order valence-electron chi connectivity index (χ3n) is 9.36. The molecule has 0 aliphatic carbocycles.